The highest BCUT2D eigenvalue weighted by atomic mass is 15.1. The Morgan fingerprint density at radius 3 is 1.73 bits per heavy atom. The van der Waals surface area contributed by atoms with E-state index in [1.165, 1.54) is 28.2 Å². The summed E-state index contributed by atoms with van der Waals surface area (Å²) in [7, 11) is 0. The van der Waals surface area contributed by atoms with Gasteiger partial charge < -0.3 is 4.90 Å². The molecule has 1 unspecified atom stereocenters. The SMILES string of the molecule is Cc1ccc(N(C2=CCC(C)C=C2)c2ccc(C)cc2)cc1. The first-order valence-corrected chi connectivity index (χ1v) is 7.95. The molecule has 0 bridgehead atoms. The van der Waals surface area contributed by atoms with Crippen LogP contribution in [-0.4, -0.2) is 0 Å². The van der Waals surface area contributed by atoms with Gasteiger partial charge in [0.05, 0.1) is 0 Å². The van der Waals surface area contributed by atoms with Gasteiger partial charge >= 0.3 is 0 Å². The number of hydrogen-bond donors (Lipinski definition) is 0. The molecular formula is C21H23N. The summed E-state index contributed by atoms with van der Waals surface area (Å²) in [6.45, 7) is 6.51. The lowest BCUT2D eigenvalue weighted by Crippen LogP contribution is -2.17. The third kappa shape index (κ3) is 3.14. The third-order valence-electron chi connectivity index (χ3n) is 4.14. The lowest BCUT2D eigenvalue weighted by Gasteiger charge is -2.28. The van der Waals surface area contributed by atoms with Gasteiger partial charge in [0.15, 0.2) is 0 Å². The highest BCUT2D eigenvalue weighted by Crippen LogP contribution is 2.33. The molecule has 1 aliphatic carbocycles. The fraction of sp³-hybridized carbons (Fsp3) is 0.238. The summed E-state index contributed by atoms with van der Waals surface area (Å²) < 4.78 is 0. The monoisotopic (exact) mass is 289 g/mol. The Kier molecular flexibility index (Phi) is 4.15. The minimum Gasteiger partial charge on any atom is -0.311 e. The fourth-order valence-corrected chi connectivity index (χ4v) is 2.72. The molecule has 1 nitrogen and oxygen atoms in total. The van der Waals surface area contributed by atoms with Gasteiger partial charge in [0.1, 0.15) is 0 Å². The molecule has 1 aliphatic rings. The van der Waals surface area contributed by atoms with Crippen LogP contribution in [0.3, 0.4) is 0 Å². The Morgan fingerprint density at radius 2 is 1.32 bits per heavy atom. The van der Waals surface area contributed by atoms with Crippen LogP contribution in [0, 0.1) is 19.8 Å². The van der Waals surface area contributed by atoms with Crippen LogP contribution in [0.25, 0.3) is 0 Å². The van der Waals surface area contributed by atoms with Gasteiger partial charge in [-0.15, -0.1) is 0 Å². The van der Waals surface area contributed by atoms with Crippen molar-refractivity contribution in [1.29, 1.82) is 0 Å². The van der Waals surface area contributed by atoms with Gasteiger partial charge in [-0.25, -0.2) is 0 Å². The summed E-state index contributed by atoms with van der Waals surface area (Å²) in [5.74, 6) is 0.627. The van der Waals surface area contributed by atoms with Gasteiger partial charge in [0, 0.05) is 17.1 Å². The summed E-state index contributed by atoms with van der Waals surface area (Å²) in [4.78, 5) is 2.33. The van der Waals surface area contributed by atoms with Crippen molar-refractivity contribution in [2.75, 3.05) is 4.90 Å². The maximum absolute atomic E-state index is 2.34. The number of rotatable bonds is 3. The zero-order chi connectivity index (χ0) is 15.5. The molecule has 1 heteroatoms. The second-order valence-corrected chi connectivity index (χ2v) is 6.21. The average Bonchev–Trinajstić information content (AvgIpc) is 2.53. The van der Waals surface area contributed by atoms with E-state index in [4.69, 9.17) is 0 Å². The van der Waals surface area contributed by atoms with Gasteiger partial charge in [0.25, 0.3) is 0 Å². The standard InChI is InChI=1S/C21H23N/c1-16-4-10-19(11-5-16)22(20-12-6-17(2)7-13-20)21-14-8-18(3)9-15-21/h4-8,10-15,18H,9H2,1-3H3. The summed E-state index contributed by atoms with van der Waals surface area (Å²) in [6, 6.07) is 17.5. The Labute approximate surface area is 133 Å². The van der Waals surface area contributed by atoms with Crippen LogP contribution in [0.1, 0.15) is 24.5 Å². The number of allylic oxidation sites excluding steroid dienone is 3. The first kappa shape index (κ1) is 14.6. The van der Waals surface area contributed by atoms with Crippen molar-refractivity contribution in [1.82, 2.24) is 0 Å². The number of nitrogens with zero attached hydrogens (tertiary/aromatic N) is 1. The van der Waals surface area contributed by atoms with Crippen molar-refractivity contribution in [3.63, 3.8) is 0 Å². The van der Waals surface area contributed by atoms with Gasteiger partial charge in [0.2, 0.25) is 0 Å². The molecule has 0 N–H and O–H groups in total. The van der Waals surface area contributed by atoms with Crippen LogP contribution in [-0.2, 0) is 0 Å². The van der Waals surface area contributed by atoms with Crippen LogP contribution in [0.4, 0.5) is 11.4 Å². The van der Waals surface area contributed by atoms with E-state index >= 15 is 0 Å². The molecule has 22 heavy (non-hydrogen) atoms. The van der Waals surface area contributed by atoms with Crippen LogP contribution in [0.2, 0.25) is 0 Å². The molecule has 1 atom stereocenters. The topological polar surface area (TPSA) is 3.24 Å². The summed E-state index contributed by atoms with van der Waals surface area (Å²) in [5.41, 5.74) is 6.24. The Hall–Kier alpha value is -2.28. The zero-order valence-corrected chi connectivity index (χ0v) is 13.6. The molecule has 0 saturated heterocycles. The summed E-state index contributed by atoms with van der Waals surface area (Å²) in [6.07, 6.45) is 7.98. The second-order valence-electron chi connectivity index (χ2n) is 6.21. The molecule has 0 saturated carbocycles. The molecule has 0 radical (unpaired) electrons. The molecule has 2 aromatic rings. The van der Waals surface area contributed by atoms with Crippen LogP contribution >= 0.6 is 0 Å². The first-order chi connectivity index (χ1) is 10.6. The maximum atomic E-state index is 2.34. The quantitative estimate of drug-likeness (QED) is 0.677. The molecule has 0 fully saturated rings. The Bertz CT molecular complexity index is 644. The van der Waals surface area contributed by atoms with Gasteiger partial charge in [-0.2, -0.15) is 0 Å². The molecule has 0 heterocycles. The molecule has 2 aromatic carbocycles. The first-order valence-electron chi connectivity index (χ1n) is 7.95. The molecule has 0 spiro atoms. The van der Waals surface area contributed by atoms with E-state index in [9.17, 15) is 0 Å². The largest absolute Gasteiger partial charge is 0.311 e. The molecule has 0 amide bonds. The predicted octanol–water partition coefficient (Wildman–Crippen LogP) is 5.92. The van der Waals surface area contributed by atoms with Crippen molar-refractivity contribution in [2.45, 2.75) is 27.2 Å². The highest BCUT2D eigenvalue weighted by molar-refractivity contribution is 5.70. The molecule has 0 aliphatic heterocycles. The van der Waals surface area contributed by atoms with Gasteiger partial charge in [-0.1, -0.05) is 54.5 Å². The molecule has 0 aromatic heterocycles. The minimum absolute atomic E-state index is 0.627. The zero-order valence-electron chi connectivity index (χ0n) is 13.6. The second kappa shape index (κ2) is 6.23. The van der Waals surface area contributed by atoms with Crippen molar-refractivity contribution in [3.8, 4) is 0 Å². The van der Waals surface area contributed by atoms with E-state index in [0.717, 1.165) is 6.42 Å². The van der Waals surface area contributed by atoms with Gasteiger partial charge in [-0.05, 0) is 56.5 Å². The van der Waals surface area contributed by atoms with E-state index in [-0.39, 0.29) is 0 Å². The fourth-order valence-electron chi connectivity index (χ4n) is 2.72. The number of anilines is 2. The van der Waals surface area contributed by atoms with Crippen LogP contribution in [0.5, 0.6) is 0 Å². The Balaban J connectivity index is 2.04. The van der Waals surface area contributed by atoms with E-state index < -0.39 is 0 Å². The predicted molar refractivity (Wildman–Crippen MR) is 95.5 cm³/mol. The number of benzene rings is 2. The molecular weight excluding hydrogens is 266 g/mol. The van der Waals surface area contributed by atoms with E-state index in [1.54, 1.807) is 0 Å². The van der Waals surface area contributed by atoms with Crippen molar-refractivity contribution in [2.24, 2.45) is 5.92 Å². The maximum Gasteiger partial charge on any atom is 0.0461 e. The Morgan fingerprint density at radius 1 is 0.818 bits per heavy atom. The number of hydrogen-bond acceptors (Lipinski definition) is 1. The lowest BCUT2D eigenvalue weighted by molar-refractivity contribution is 0.728. The minimum atomic E-state index is 0.627. The third-order valence-corrected chi connectivity index (χ3v) is 4.14. The van der Waals surface area contributed by atoms with Crippen molar-refractivity contribution < 1.29 is 0 Å². The molecule has 112 valence electrons. The lowest BCUT2D eigenvalue weighted by atomic mass is 10.0. The van der Waals surface area contributed by atoms with E-state index in [0.29, 0.717) is 5.92 Å². The van der Waals surface area contributed by atoms with Crippen molar-refractivity contribution in [3.05, 3.63) is 83.6 Å². The van der Waals surface area contributed by atoms with Crippen LogP contribution in [0.15, 0.2) is 72.5 Å². The summed E-state index contributed by atoms with van der Waals surface area (Å²) in [5, 5.41) is 0. The van der Waals surface area contributed by atoms with Gasteiger partial charge in [-0.3, -0.25) is 0 Å². The van der Waals surface area contributed by atoms with Crippen molar-refractivity contribution >= 4 is 11.4 Å². The van der Waals surface area contributed by atoms with Crippen LogP contribution < -0.4 is 4.90 Å². The average molecular weight is 289 g/mol. The number of aryl methyl sites for hydroxylation is 2. The normalized spacial score (nSPS) is 17.2. The highest BCUT2D eigenvalue weighted by Gasteiger charge is 2.15. The summed E-state index contributed by atoms with van der Waals surface area (Å²) >= 11 is 0. The smallest absolute Gasteiger partial charge is 0.0461 e. The van der Waals surface area contributed by atoms with E-state index in [2.05, 4.69) is 92.4 Å². The molecule has 3 rings (SSSR count). The van der Waals surface area contributed by atoms with E-state index in [1.807, 2.05) is 0 Å².